The molecule has 0 spiro atoms. The van der Waals surface area contributed by atoms with Crippen molar-refractivity contribution in [3.05, 3.63) is 62.5 Å². The largest absolute Gasteiger partial charge is 0.368 e. The van der Waals surface area contributed by atoms with Crippen molar-refractivity contribution in [3.8, 4) is 0 Å². The van der Waals surface area contributed by atoms with Gasteiger partial charge in [0.2, 0.25) is 0 Å². The average molecular weight is 467 g/mol. The number of nitrogens with one attached hydrogen (secondary N) is 1. The van der Waals surface area contributed by atoms with Crippen molar-refractivity contribution in [2.75, 3.05) is 18.5 Å². The fourth-order valence-corrected chi connectivity index (χ4v) is 5.06. The second kappa shape index (κ2) is 9.40. The van der Waals surface area contributed by atoms with Crippen LogP contribution in [0.3, 0.4) is 0 Å². The smallest absolute Gasteiger partial charge is 0.357 e. The predicted octanol–water partition coefficient (Wildman–Crippen LogP) is 7.13. The molecule has 0 saturated heterocycles. The van der Waals surface area contributed by atoms with Crippen LogP contribution in [-0.2, 0) is 13.6 Å². The fraction of sp³-hybridized carbons (Fsp3) is 0.294. The average Bonchev–Trinajstić information content (AvgIpc) is 2.53. The third-order valence-electron chi connectivity index (χ3n) is 3.29. The van der Waals surface area contributed by atoms with E-state index in [1.165, 1.54) is 0 Å². The lowest BCUT2D eigenvalue weighted by molar-refractivity contribution is 0.214. The van der Waals surface area contributed by atoms with Gasteiger partial charge in [-0.15, -0.1) is 0 Å². The molecule has 2 aromatic rings. The van der Waals surface area contributed by atoms with Gasteiger partial charge in [-0.25, -0.2) is 0 Å². The van der Waals surface area contributed by atoms with Crippen molar-refractivity contribution in [1.82, 2.24) is 0 Å². The van der Waals surface area contributed by atoms with Gasteiger partial charge in [0.05, 0.1) is 13.2 Å². The Morgan fingerprint density at radius 1 is 1.04 bits per heavy atom. The maximum atomic E-state index is 13.4. The zero-order valence-corrected chi connectivity index (χ0v) is 17.8. The lowest BCUT2D eigenvalue weighted by Gasteiger charge is -2.28. The van der Waals surface area contributed by atoms with E-state index >= 15 is 0 Å². The summed E-state index contributed by atoms with van der Waals surface area (Å²) in [6.07, 6.45) is 0. The van der Waals surface area contributed by atoms with Gasteiger partial charge in [0.25, 0.3) is 0 Å². The third kappa shape index (κ3) is 5.72. The first-order valence-electron chi connectivity index (χ1n) is 7.75. The van der Waals surface area contributed by atoms with Gasteiger partial charge in [0, 0.05) is 20.2 Å². The molecule has 0 bridgehead atoms. The highest BCUT2D eigenvalue weighted by atomic mass is 79.9. The molecule has 0 fully saturated rings. The maximum absolute atomic E-state index is 13.4. The highest BCUT2D eigenvalue weighted by Gasteiger charge is 2.37. The van der Waals surface area contributed by atoms with Crippen LogP contribution in [0, 0.1) is 0 Å². The minimum Gasteiger partial charge on any atom is -0.368 e. The molecular weight excluding hydrogens is 448 g/mol. The highest BCUT2D eigenvalue weighted by molar-refractivity contribution is 9.10. The van der Waals surface area contributed by atoms with E-state index in [-0.39, 0.29) is 13.2 Å². The number of benzene rings is 2. The summed E-state index contributed by atoms with van der Waals surface area (Å²) in [5, 5.41) is 4.17. The molecule has 25 heavy (non-hydrogen) atoms. The lowest BCUT2D eigenvalue weighted by atomic mass is 10.2. The topological polar surface area (TPSA) is 47.6 Å². The zero-order chi connectivity index (χ0) is 18.4. The van der Waals surface area contributed by atoms with Gasteiger partial charge in [-0.1, -0.05) is 51.3 Å². The standard InChI is InChI=1S/C17H19BrCl2NO3P/c1-3-23-25(22,24-4-2)17(12-5-7-13(18)8-6-12)21-16-10-14(19)9-15(20)11-16/h5-11,17,21H,3-4H2,1-2H3. The minimum atomic E-state index is -3.47. The molecular formula is C17H19BrCl2NO3P. The molecule has 1 unspecified atom stereocenters. The van der Waals surface area contributed by atoms with E-state index in [1.54, 1.807) is 32.0 Å². The molecule has 0 aliphatic heterocycles. The quantitative estimate of drug-likeness (QED) is 0.420. The SMILES string of the molecule is CCOP(=O)(OCC)C(Nc1cc(Cl)cc(Cl)c1)c1ccc(Br)cc1. The van der Waals surface area contributed by atoms with E-state index in [9.17, 15) is 4.57 Å². The summed E-state index contributed by atoms with van der Waals surface area (Å²) in [4.78, 5) is 0. The number of hydrogen-bond donors (Lipinski definition) is 1. The van der Waals surface area contributed by atoms with E-state index in [0.717, 1.165) is 10.0 Å². The van der Waals surface area contributed by atoms with E-state index in [1.807, 2.05) is 24.3 Å². The van der Waals surface area contributed by atoms with E-state index in [4.69, 9.17) is 32.2 Å². The molecule has 0 aliphatic rings. The van der Waals surface area contributed by atoms with Crippen LogP contribution in [0.5, 0.6) is 0 Å². The molecule has 2 rings (SSSR count). The number of hydrogen-bond acceptors (Lipinski definition) is 4. The summed E-state index contributed by atoms with van der Waals surface area (Å²) >= 11 is 15.6. The number of halogens is 3. The first kappa shape index (κ1) is 20.8. The van der Waals surface area contributed by atoms with Crippen LogP contribution < -0.4 is 5.32 Å². The molecule has 1 N–H and O–H groups in total. The predicted molar refractivity (Wildman–Crippen MR) is 108 cm³/mol. The Kier molecular flexibility index (Phi) is 7.81. The molecule has 0 aromatic heterocycles. The third-order valence-corrected chi connectivity index (χ3v) is 6.55. The fourth-order valence-electron chi connectivity index (χ4n) is 2.33. The normalized spacial score (nSPS) is 12.8. The second-order valence-electron chi connectivity index (χ2n) is 5.13. The van der Waals surface area contributed by atoms with Crippen LogP contribution in [0.4, 0.5) is 5.69 Å². The van der Waals surface area contributed by atoms with Crippen LogP contribution in [0.25, 0.3) is 0 Å². The maximum Gasteiger partial charge on any atom is 0.357 e. The molecule has 8 heteroatoms. The van der Waals surface area contributed by atoms with Gasteiger partial charge in [0.15, 0.2) is 5.78 Å². The van der Waals surface area contributed by atoms with Crippen LogP contribution in [0.15, 0.2) is 46.9 Å². The highest BCUT2D eigenvalue weighted by Crippen LogP contribution is 2.60. The van der Waals surface area contributed by atoms with Gasteiger partial charge in [0.1, 0.15) is 0 Å². The Balaban J connectivity index is 2.47. The second-order valence-corrected chi connectivity index (χ2v) is 9.03. The lowest BCUT2D eigenvalue weighted by Crippen LogP contribution is -2.15. The van der Waals surface area contributed by atoms with Crippen molar-refractivity contribution in [2.45, 2.75) is 19.6 Å². The molecule has 4 nitrogen and oxygen atoms in total. The zero-order valence-electron chi connectivity index (χ0n) is 13.8. The molecule has 0 heterocycles. The van der Waals surface area contributed by atoms with Crippen LogP contribution >= 0.6 is 46.7 Å². The Morgan fingerprint density at radius 3 is 2.04 bits per heavy atom. The van der Waals surface area contributed by atoms with Crippen LogP contribution in [0.2, 0.25) is 10.0 Å². The molecule has 0 radical (unpaired) electrons. The van der Waals surface area contributed by atoms with Crippen LogP contribution in [-0.4, -0.2) is 13.2 Å². The molecule has 1 atom stereocenters. The summed E-state index contributed by atoms with van der Waals surface area (Å²) in [6.45, 7) is 4.09. The van der Waals surface area contributed by atoms with Crippen molar-refractivity contribution < 1.29 is 13.6 Å². The van der Waals surface area contributed by atoms with E-state index in [2.05, 4.69) is 21.2 Å². The summed E-state index contributed by atoms with van der Waals surface area (Å²) < 4.78 is 25.4. The first-order chi connectivity index (χ1) is 11.9. The minimum absolute atomic E-state index is 0.266. The molecule has 0 saturated carbocycles. The van der Waals surface area contributed by atoms with E-state index < -0.39 is 13.4 Å². The van der Waals surface area contributed by atoms with Crippen LogP contribution in [0.1, 0.15) is 25.2 Å². The van der Waals surface area contributed by atoms with Gasteiger partial charge >= 0.3 is 7.60 Å². The Bertz CT molecular complexity index is 728. The monoisotopic (exact) mass is 465 g/mol. The summed E-state index contributed by atoms with van der Waals surface area (Å²) in [7, 11) is -3.47. The van der Waals surface area contributed by atoms with Crippen molar-refractivity contribution in [3.63, 3.8) is 0 Å². The molecule has 0 aliphatic carbocycles. The van der Waals surface area contributed by atoms with Gasteiger partial charge in [-0.3, -0.25) is 4.57 Å². The number of rotatable bonds is 8. The Morgan fingerprint density at radius 2 is 1.56 bits per heavy atom. The van der Waals surface area contributed by atoms with Crippen molar-refractivity contribution >= 4 is 52.4 Å². The van der Waals surface area contributed by atoms with Crippen molar-refractivity contribution in [1.29, 1.82) is 0 Å². The molecule has 2 aromatic carbocycles. The summed E-state index contributed by atoms with van der Waals surface area (Å²) in [5.74, 6) is -0.699. The Labute approximate surface area is 166 Å². The van der Waals surface area contributed by atoms with E-state index in [0.29, 0.717) is 15.7 Å². The summed E-state index contributed by atoms with van der Waals surface area (Å²) in [5.41, 5.74) is 1.40. The van der Waals surface area contributed by atoms with Gasteiger partial charge in [-0.05, 0) is 49.7 Å². The molecule has 0 amide bonds. The van der Waals surface area contributed by atoms with Gasteiger partial charge < -0.3 is 14.4 Å². The summed E-state index contributed by atoms with van der Waals surface area (Å²) in [6, 6.07) is 12.5. The van der Waals surface area contributed by atoms with Gasteiger partial charge in [-0.2, -0.15) is 0 Å². The first-order valence-corrected chi connectivity index (χ1v) is 10.9. The molecule has 136 valence electrons. The van der Waals surface area contributed by atoms with Crippen molar-refractivity contribution in [2.24, 2.45) is 0 Å². The Hall–Kier alpha value is -0.550. The number of anilines is 1.